The number of hydrogen-bond donors (Lipinski definition) is 0. The number of halogens is 1. The summed E-state index contributed by atoms with van der Waals surface area (Å²) in [5, 5.41) is 0. The summed E-state index contributed by atoms with van der Waals surface area (Å²) in [4.78, 5) is 29.6. The van der Waals surface area contributed by atoms with E-state index in [1.54, 1.807) is 21.9 Å². The molecule has 0 aromatic heterocycles. The van der Waals surface area contributed by atoms with Gasteiger partial charge in [-0.1, -0.05) is 60.7 Å². The van der Waals surface area contributed by atoms with Gasteiger partial charge in [0.15, 0.2) is 0 Å². The zero-order valence-electron chi connectivity index (χ0n) is 20.0. The lowest BCUT2D eigenvalue weighted by atomic mass is 9.70. The molecular formula is C29H31FN2O3. The van der Waals surface area contributed by atoms with E-state index in [9.17, 15) is 14.0 Å². The fraction of sp³-hybridized carbons (Fsp3) is 0.310. The van der Waals surface area contributed by atoms with Crippen molar-refractivity contribution in [1.29, 1.82) is 0 Å². The zero-order valence-corrected chi connectivity index (χ0v) is 20.0. The van der Waals surface area contributed by atoms with Crippen molar-refractivity contribution in [3.8, 4) is 0 Å². The number of piperidine rings is 1. The summed E-state index contributed by atoms with van der Waals surface area (Å²) in [7, 11) is 0. The summed E-state index contributed by atoms with van der Waals surface area (Å²) in [6.45, 7) is 3.67. The van der Waals surface area contributed by atoms with Crippen molar-refractivity contribution in [2.24, 2.45) is 0 Å². The fourth-order valence-corrected chi connectivity index (χ4v) is 4.80. The first kappa shape index (κ1) is 24.5. The molecule has 1 aliphatic rings. The van der Waals surface area contributed by atoms with E-state index < -0.39 is 0 Å². The van der Waals surface area contributed by atoms with Crippen LogP contribution < -0.4 is 4.90 Å². The van der Waals surface area contributed by atoms with Crippen LogP contribution in [0.5, 0.6) is 0 Å². The number of carbonyl (C=O) groups is 2. The first-order valence-electron chi connectivity index (χ1n) is 12.1. The lowest BCUT2D eigenvalue weighted by Gasteiger charge is -2.42. The molecule has 1 heterocycles. The Morgan fingerprint density at radius 1 is 0.914 bits per heavy atom. The van der Waals surface area contributed by atoms with Gasteiger partial charge in [0.1, 0.15) is 12.4 Å². The Kier molecular flexibility index (Phi) is 7.80. The standard InChI is InChI=1S/C29H31FN2O3/c1-2-32(26-15-13-25(30)14-16-26)27(33)21-29(24-11-7-4-8-12-24)17-19-31(20-18-29)28(34)35-22-23-9-5-3-6-10-23/h3-16H,2,17-22H2,1H3. The molecular weight excluding hydrogens is 443 g/mol. The van der Waals surface area contributed by atoms with Gasteiger partial charge in [-0.25, -0.2) is 9.18 Å². The van der Waals surface area contributed by atoms with Gasteiger partial charge in [-0.15, -0.1) is 0 Å². The molecule has 6 heteroatoms. The lowest BCUT2D eigenvalue weighted by molar-refractivity contribution is -0.120. The van der Waals surface area contributed by atoms with Crippen LogP contribution in [0.2, 0.25) is 0 Å². The van der Waals surface area contributed by atoms with Gasteiger partial charge in [-0.3, -0.25) is 4.79 Å². The van der Waals surface area contributed by atoms with Crippen molar-refractivity contribution in [3.05, 3.63) is 102 Å². The largest absolute Gasteiger partial charge is 0.445 e. The molecule has 0 radical (unpaired) electrons. The van der Waals surface area contributed by atoms with Gasteiger partial charge in [-0.05, 0) is 55.2 Å². The van der Waals surface area contributed by atoms with Crippen molar-refractivity contribution >= 4 is 17.7 Å². The maximum absolute atomic E-state index is 13.5. The number of likely N-dealkylation sites (tertiary alicyclic amines) is 1. The van der Waals surface area contributed by atoms with Gasteiger partial charge in [0.25, 0.3) is 0 Å². The van der Waals surface area contributed by atoms with Crippen LogP contribution in [-0.4, -0.2) is 36.5 Å². The Hall–Kier alpha value is -3.67. The highest BCUT2D eigenvalue weighted by atomic mass is 19.1. The first-order valence-corrected chi connectivity index (χ1v) is 12.1. The Morgan fingerprint density at radius 3 is 2.11 bits per heavy atom. The molecule has 0 bridgehead atoms. The van der Waals surface area contributed by atoms with E-state index in [0.717, 1.165) is 11.1 Å². The third-order valence-corrected chi connectivity index (χ3v) is 6.82. The average Bonchev–Trinajstić information content (AvgIpc) is 2.90. The molecule has 0 unspecified atom stereocenters. The third kappa shape index (κ3) is 5.88. The van der Waals surface area contributed by atoms with E-state index in [4.69, 9.17) is 4.74 Å². The molecule has 1 saturated heterocycles. The molecule has 1 aliphatic heterocycles. The number of rotatable bonds is 7. The fourth-order valence-electron chi connectivity index (χ4n) is 4.80. The summed E-state index contributed by atoms with van der Waals surface area (Å²) in [6.07, 6.45) is 1.30. The first-order chi connectivity index (χ1) is 17.0. The monoisotopic (exact) mass is 474 g/mol. The van der Waals surface area contributed by atoms with Crippen molar-refractivity contribution < 1.29 is 18.7 Å². The summed E-state index contributed by atoms with van der Waals surface area (Å²) >= 11 is 0. The predicted octanol–water partition coefficient (Wildman–Crippen LogP) is 5.94. The van der Waals surface area contributed by atoms with E-state index in [-0.39, 0.29) is 29.8 Å². The Morgan fingerprint density at radius 2 is 1.51 bits per heavy atom. The van der Waals surface area contributed by atoms with Gasteiger partial charge in [0.05, 0.1) is 0 Å². The molecule has 0 N–H and O–H groups in total. The predicted molar refractivity (Wildman–Crippen MR) is 135 cm³/mol. The summed E-state index contributed by atoms with van der Waals surface area (Å²) in [5.41, 5.74) is 2.34. The summed E-state index contributed by atoms with van der Waals surface area (Å²) in [6, 6.07) is 25.7. The van der Waals surface area contributed by atoms with Crippen molar-refractivity contribution in [1.82, 2.24) is 4.90 Å². The topological polar surface area (TPSA) is 49.9 Å². The molecule has 5 nitrogen and oxygen atoms in total. The maximum Gasteiger partial charge on any atom is 0.410 e. The molecule has 0 aliphatic carbocycles. The van der Waals surface area contributed by atoms with Crippen LogP contribution in [0.25, 0.3) is 0 Å². The van der Waals surface area contributed by atoms with Crippen molar-refractivity contribution in [2.75, 3.05) is 24.5 Å². The maximum atomic E-state index is 13.5. The number of hydrogen-bond acceptors (Lipinski definition) is 3. The van der Waals surface area contributed by atoms with Crippen LogP contribution in [0, 0.1) is 5.82 Å². The molecule has 182 valence electrons. The Labute approximate surface area is 206 Å². The average molecular weight is 475 g/mol. The second-order valence-electron chi connectivity index (χ2n) is 8.96. The Bertz CT molecular complexity index is 1110. The molecule has 0 spiro atoms. The second-order valence-corrected chi connectivity index (χ2v) is 8.96. The number of ether oxygens (including phenoxy) is 1. The normalized spacial score (nSPS) is 14.9. The zero-order chi connectivity index (χ0) is 24.7. The van der Waals surface area contributed by atoms with Gasteiger partial charge in [0.2, 0.25) is 5.91 Å². The number of anilines is 1. The second kappa shape index (κ2) is 11.2. The van der Waals surface area contributed by atoms with Crippen LogP contribution in [-0.2, 0) is 21.6 Å². The van der Waals surface area contributed by atoms with Gasteiger partial charge >= 0.3 is 6.09 Å². The summed E-state index contributed by atoms with van der Waals surface area (Å²) in [5.74, 6) is -0.340. The van der Waals surface area contributed by atoms with E-state index >= 15 is 0 Å². The van der Waals surface area contributed by atoms with Crippen LogP contribution in [0.1, 0.15) is 37.3 Å². The van der Waals surface area contributed by atoms with E-state index in [1.807, 2.05) is 55.5 Å². The number of carbonyl (C=O) groups excluding carboxylic acids is 2. The molecule has 0 atom stereocenters. The minimum absolute atomic E-state index is 0.0111. The highest BCUT2D eigenvalue weighted by Crippen LogP contribution is 2.39. The molecule has 4 rings (SSSR count). The van der Waals surface area contributed by atoms with Crippen LogP contribution in [0.3, 0.4) is 0 Å². The van der Waals surface area contributed by atoms with Gasteiger partial charge < -0.3 is 14.5 Å². The molecule has 3 aromatic rings. The minimum atomic E-state index is -0.387. The van der Waals surface area contributed by atoms with Gasteiger partial charge in [0, 0.05) is 37.2 Å². The number of nitrogens with zero attached hydrogens (tertiary/aromatic N) is 2. The Balaban J connectivity index is 1.46. The molecule has 3 aromatic carbocycles. The highest BCUT2D eigenvalue weighted by Gasteiger charge is 2.40. The SMILES string of the molecule is CCN(C(=O)CC1(c2ccccc2)CCN(C(=O)OCc2ccccc2)CC1)c1ccc(F)cc1. The lowest BCUT2D eigenvalue weighted by Crippen LogP contribution is -2.48. The van der Waals surface area contributed by atoms with Crippen molar-refractivity contribution in [2.45, 2.75) is 38.2 Å². The number of amides is 2. The number of benzene rings is 3. The minimum Gasteiger partial charge on any atom is -0.445 e. The quantitative estimate of drug-likeness (QED) is 0.426. The molecule has 2 amide bonds. The van der Waals surface area contributed by atoms with Crippen molar-refractivity contribution in [3.63, 3.8) is 0 Å². The smallest absolute Gasteiger partial charge is 0.410 e. The third-order valence-electron chi connectivity index (χ3n) is 6.82. The van der Waals surface area contributed by atoms with Crippen LogP contribution in [0.4, 0.5) is 14.9 Å². The van der Waals surface area contributed by atoms with E-state index in [0.29, 0.717) is 44.6 Å². The summed E-state index contributed by atoms with van der Waals surface area (Å²) < 4.78 is 18.9. The van der Waals surface area contributed by atoms with Gasteiger partial charge in [-0.2, -0.15) is 0 Å². The van der Waals surface area contributed by atoms with Crippen LogP contribution in [0.15, 0.2) is 84.9 Å². The van der Waals surface area contributed by atoms with Crippen LogP contribution >= 0.6 is 0 Å². The molecule has 1 fully saturated rings. The van der Waals surface area contributed by atoms with E-state index in [2.05, 4.69) is 12.1 Å². The molecule has 0 saturated carbocycles. The van der Waals surface area contributed by atoms with E-state index in [1.165, 1.54) is 12.1 Å². The molecule has 35 heavy (non-hydrogen) atoms. The highest BCUT2D eigenvalue weighted by molar-refractivity contribution is 5.94.